The van der Waals surface area contributed by atoms with Crippen LogP contribution in [0.2, 0.25) is 5.02 Å². The molecule has 0 unspecified atom stereocenters. The van der Waals surface area contributed by atoms with Gasteiger partial charge in [-0.25, -0.2) is 14.4 Å². The van der Waals surface area contributed by atoms with Crippen LogP contribution in [0.5, 0.6) is 0 Å². The molecule has 2 N–H and O–H groups in total. The topological polar surface area (TPSA) is 49.8 Å². The minimum Gasteiger partial charge on any atom is -0.370 e. The maximum absolute atomic E-state index is 13.4. The van der Waals surface area contributed by atoms with E-state index in [4.69, 9.17) is 11.6 Å². The lowest BCUT2D eigenvalue weighted by atomic mass is 10.2. The van der Waals surface area contributed by atoms with Crippen molar-refractivity contribution in [2.45, 2.75) is 20.3 Å². The quantitative estimate of drug-likeness (QED) is 0.870. The minimum absolute atomic E-state index is 0.0975. The maximum atomic E-state index is 13.4. The summed E-state index contributed by atoms with van der Waals surface area (Å²) in [6, 6.07) is 4.54. The first kappa shape index (κ1) is 14.5. The number of benzene rings is 1. The summed E-state index contributed by atoms with van der Waals surface area (Å²) in [5, 5.41) is 6.39. The molecule has 1 heterocycles. The molecule has 0 radical (unpaired) electrons. The summed E-state index contributed by atoms with van der Waals surface area (Å²) in [6.45, 7) is 4.83. The predicted molar refractivity (Wildman–Crippen MR) is 80.2 cm³/mol. The molecule has 1 aromatic heterocycles. The van der Waals surface area contributed by atoms with E-state index in [0.717, 1.165) is 24.3 Å². The molecule has 20 heavy (non-hydrogen) atoms. The van der Waals surface area contributed by atoms with Crippen molar-refractivity contribution in [2.24, 2.45) is 0 Å². The van der Waals surface area contributed by atoms with Gasteiger partial charge in [-0.2, -0.15) is 0 Å². The average molecular weight is 295 g/mol. The van der Waals surface area contributed by atoms with Crippen molar-refractivity contribution in [1.29, 1.82) is 0 Å². The summed E-state index contributed by atoms with van der Waals surface area (Å²) in [6.07, 6.45) is 2.48. The van der Waals surface area contributed by atoms with Gasteiger partial charge in [0.2, 0.25) is 0 Å². The molecule has 0 aliphatic rings. The van der Waals surface area contributed by atoms with Gasteiger partial charge in [-0.1, -0.05) is 18.5 Å². The average Bonchev–Trinajstić information content (AvgIpc) is 2.44. The van der Waals surface area contributed by atoms with Crippen LogP contribution in [0.1, 0.15) is 18.9 Å². The lowest BCUT2D eigenvalue weighted by Crippen LogP contribution is -2.07. The Kier molecular flexibility index (Phi) is 4.74. The van der Waals surface area contributed by atoms with Gasteiger partial charge in [-0.05, 0) is 31.5 Å². The first-order valence-electron chi connectivity index (χ1n) is 6.39. The van der Waals surface area contributed by atoms with Crippen LogP contribution in [0.25, 0.3) is 0 Å². The molecule has 6 heteroatoms. The van der Waals surface area contributed by atoms with Gasteiger partial charge >= 0.3 is 0 Å². The molecule has 0 aliphatic heterocycles. The highest BCUT2D eigenvalue weighted by atomic mass is 35.5. The Hall–Kier alpha value is -1.88. The predicted octanol–water partition coefficient (Wildman–Crippen LogP) is 4.14. The molecule has 0 saturated carbocycles. The van der Waals surface area contributed by atoms with Crippen molar-refractivity contribution >= 4 is 28.9 Å². The second-order valence-electron chi connectivity index (χ2n) is 4.38. The lowest BCUT2D eigenvalue weighted by Gasteiger charge is -2.12. The minimum atomic E-state index is -0.465. The number of hydrogen-bond acceptors (Lipinski definition) is 4. The Balaban J connectivity index is 2.22. The van der Waals surface area contributed by atoms with Crippen molar-refractivity contribution in [3.05, 3.63) is 40.9 Å². The van der Waals surface area contributed by atoms with Crippen molar-refractivity contribution in [3.8, 4) is 0 Å². The molecule has 0 atom stereocenters. The standard InChI is InChI=1S/C14H16ClFN4/c1-3-6-17-13-9(2)14(19-8-18-13)20-10-4-5-11(15)12(16)7-10/h4-5,7-8H,3,6H2,1-2H3,(H2,17,18,19,20). The molecule has 0 saturated heterocycles. The van der Waals surface area contributed by atoms with Gasteiger partial charge in [0.25, 0.3) is 0 Å². The van der Waals surface area contributed by atoms with Crippen LogP contribution in [-0.4, -0.2) is 16.5 Å². The molecule has 0 amide bonds. The van der Waals surface area contributed by atoms with Crippen LogP contribution in [0.4, 0.5) is 21.7 Å². The number of anilines is 3. The van der Waals surface area contributed by atoms with Crippen molar-refractivity contribution < 1.29 is 4.39 Å². The van der Waals surface area contributed by atoms with E-state index in [-0.39, 0.29) is 5.02 Å². The molecule has 106 valence electrons. The van der Waals surface area contributed by atoms with Crippen molar-refractivity contribution in [2.75, 3.05) is 17.2 Å². The van der Waals surface area contributed by atoms with Gasteiger partial charge in [0.05, 0.1) is 5.02 Å². The Bertz CT molecular complexity index is 604. The number of hydrogen-bond donors (Lipinski definition) is 2. The van der Waals surface area contributed by atoms with E-state index in [0.29, 0.717) is 11.5 Å². The highest BCUT2D eigenvalue weighted by molar-refractivity contribution is 6.30. The van der Waals surface area contributed by atoms with Crippen LogP contribution in [0.3, 0.4) is 0 Å². The summed E-state index contributed by atoms with van der Waals surface area (Å²) in [5.41, 5.74) is 1.48. The molecule has 0 aliphatic carbocycles. The highest BCUT2D eigenvalue weighted by Gasteiger charge is 2.08. The Labute approximate surface area is 122 Å². The number of nitrogens with zero attached hydrogens (tertiary/aromatic N) is 2. The molecule has 2 rings (SSSR count). The van der Waals surface area contributed by atoms with Gasteiger partial charge in [-0.3, -0.25) is 0 Å². The zero-order chi connectivity index (χ0) is 14.5. The molecular formula is C14H16ClFN4. The van der Waals surface area contributed by atoms with Crippen LogP contribution in [0, 0.1) is 12.7 Å². The van der Waals surface area contributed by atoms with Gasteiger partial charge in [0, 0.05) is 17.8 Å². The largest absolute Gasteiger partial charge is 0.370 e. The molecular weight excluding hydrogens is 279 g/mol. The van der Waals surface area contributed by atoms with Gasteiger partial charge < -0.3 is 10.6 Å². The summed E-state index contributed by atoms with van der Waals surface area (Å²) in [4.78, 5) is 8.37. The third-order valence-corrected chi connectivity index (χ3v) is 3.12. The van der Waals surface area contributed by atoms with Crippen LogP contribution >= 0.6 is 11.6 Å². The molecule has 4 nitrogen and oxygen atoms in total. The zero-order valence-electron chi connectivity index (χ0n) is 11.4. The van der Waals surface area contributed by atoms with E-state index in [1.165, 1.54) is 18.5 Å². The second-order valence-corrected chi connectivity index (χ2v) is 4.78. The number of nitrogens with one attached hydrogen (secondary N) is 2. The smallest absolute Gasteiger partial charge is 0.143 e. The molecule has 0 bridgehead atoms. The zero-order valence-corrected chi connectivity index (χ0v) is 12.1. The van der Waals surface area contributed by atoms with Crippen LogP contribution in [0.15, 0.2) is 24.5 Å². The van der Waals surface area contributed by atoms with E-state index < -0.39 is 5.82 Å². The SMILES string of the molecule is CCCNc1ncnc(Nc2ccc(Cl)c(F)c2)c1C. The van der Waals surface area contributed by atoms with Crippen molar-refractivity contribution in [1.82, 2.24) is 9.97 Å². The third kappa shape index (κ3) is 3.36. The Morgan fingerprint density at radius 3 is 2.70 bits per heavy atom. The molecule has 2 aromatic rings. The maximum Gasteiger partial charge on any atom is 0.143 e. The van der Waals surface area contributed by atoms with E-state index in [9.17, 15) is 4.39 Å². The fourth-order valence-corrected chi connectivity index (χ4v) is 1.83. The van der Waals surface area contributed by atoms with Crippen molar-refractivity contribution in [3.63, 3.8) is 0 Å². The first-order valence-corrected chi connectivity index (χ1v) is 6.77. The molecule has 1 aromatic carbocycles. The van der Waals surface area contributed by atoms with Gasteiger partial charge in [0.15, 0.2) is 0 Å². The van der Waals surface area contributed by atoms with E-state index in [1.54, 1.807) is 6.07 Å². The lowest BCUT2D eigenvalue weighted by molar-refractivity contribution is 0.629. The molecule has 0 spiro atoms. The van der Waals surface area contributed by atoms with Crippen LogP contribution in [-0.2, 0) is 0 Å². The third-order valence-electron chi connectivity index (χ3n) is 2.81. The van der Waals surface area contributed by atoms with Crippen LogP contribution < -0.4 is 10.6 Å². The molecule has 0 fully saturated rings. The van der Waals surface area contributed by atoms with E-state index in [1.807, 2.05) is 6.92 Å². The highest BCUT2D eigenvalue weighted by Crippen LogP contribution is 2.24. The monoisotopic (exact) mass is 294 g/mol. The Morgan fingerprint density at radius 1 is 1.25 bits per heavy atom. The fraction of sp³-hybridized carbons (Fsp3) is 0.286. The fourth-order valence-electron chi connectivity index (χ4n) is 1.71. The number of aromatic nitrogens is 2. The second kappa shape index (κ2) is 6.52. The normalized spacial score (nSPS) is 10.4. The number of halogens is 2. The van der Waals surface area contributed by atoms with Gasteiger partial charge in [-0.15, -0.1) is 0 Å². The first-order chi connectivity index (χ1) is 9.61. The Morgan fingerprint density at radius 2 is 2.00 bits per heavy atom. The van der Waals surface area contributed by atoms with E-state index in [2.05, 4.69) is 27.5 Å². The number of rotatable bonds is 5. The summed E-state index contributed by atoms with van der Waals surface area (Å²) < 4.78 is 13.4. The van der Waals surface area contributed by atoms with Gasteiger partial charge in [0.1, 0.15) is 23.8 Å². The summed E-state index contributed by atoms with van der Waals surface area (Å²) in [7, 11) is 0. The summed E-state index contributed by atoms with van der Waals surface area (Å²) in [5.74, 6) is 0.951. The van der Waals surface area contributed by atoms with E-state index >= 15 is 0 Å². The summed E-state index contributed by atoms with van der Waals surface area (Å²) >= 11 is 5.66.